The van der Waals surface area contributed by atoms with E-state index in [0.717, 1.165) is 6.07 Å². The molecule has 1 fully saturated rings. The highest BCUT2D eigenvalue weighted by atomic mass is 35.5. The summed E-state index contributed by atoms with van der Waals surface area (Å²) in [6.45, 7) is 2.67. The molecule has 1 amide bonds. The highest BCUT2D eigenvalue weighted by molar-refractivity contribution is 6.34. The van der Waals surface area contributed by atoms with Crippen molar-refractivity contribution in [2.24, 2.45) is 0 Å². The summed E-state index contributed by atoms with van der Waals surface area (Å²) in [6.07, 6.45) is 0.385. The maximum Gasteiger partial charge on any atom is 0.407 e. The van der Waals surface area contributed by atoms with E-state index < -0.39 is 23.5 Å². The van der Waals surface area contributed by atoms with Crippen molar-refractivity contribution >= 4 is 34.3 Å². The molecule has 0 aliphatic carbocycles. The van der Waals surface area contributed by atoms with Crippen LogP contribution in [0.2, 0.25) is 5.02 Å². The number of ether oxygens (including phenoxy) is 1. The fraction of sp³-hybridized carbons (Fsp3) is 0.273. The number of rotatable bonds is 1. The zero-order valence-corrected chi connectivity index (χ0v) is 17.6. The average molecular weight is 462 g/mol. The summed E-state index contributed by atoms with van der Waals surface area (Å²) in [5.74, 6) is -1.69. The zero-order valence-electron chi connectivity index (χ0n) is 16.8. The van der Waals surface area contributed by atoms with Crippen LogP contribution in [0.3, 0.4) is 0 Å². The fourth-order valence-corrected chi connectivity index (χ4v) is 4.82. The van der Waals surface area contributed by atoms with Gasteiger partial charge in [0, 0.05) is 30.1 Å². The van der Waals surface area contributed by atoms with Crippen molar-refractivity contribution in [3.05, 3.63) is 47.1 Å². The molecule has 0 bridgehead atoms. The maximum atomic E-state index is 15.6. The van der Waals surface area contributed by atoms with Gasteiger partial charge in [0.2, 0.25) is 0 Å². The van der Waals surface area contributed by atoms with Crippen LogP contribution in [0.5, 0.6) is 11.5 Å². The van der Waals surface area contributed by atoms with Gasteiger partial charge in [0.05, 0.1) is 28.5 Å². The minimum Gasteiger partial charge on any atom is -0.507 e. The Hall–Kier alpha value is -3.33. The first-order valence-electron chi connectivity index (χ1n) is 9.95. The van der Waals surface area contributed by atoms with Gasteiger partial charge in [-0.25, -0.2) is 18.6 Å². The topological polar surface area (TPSA) is 86.1 Å². The van der Waals surface area contributed by atoms with Crippen molar-refractivity contribution in [1.29, 1.82) is 0 Å². The molecule has 2 aromatic carbocycles. The van der Waals surface area contributed by atoms with Gasteiger partial charge < -0.3 is 24.7 Å². The van der Waals surface area contributed by atoms with E-state index in [9.17, 15) is 19.4 Å². The molecule has 0 unspecified atom stereocenters. The lowest BCUT2D eigenvalue weighted by atomic mass is 9.98. The quantitative estimate of drug-likeness (QED) is 0.555. The number of amides is 1. The number of carbonyl (C=O) groups is 1. The first-order valence-corrected chi connectivity index (χ1v) is 10.3. The van der Waals surface area contributed by atoms with E-state index >= 15 is 4.39 Å². The fourth-order valence-electron chi connectivity index (χ4n) is 4.53. The lowest BCUT2D eigenvalue weighted by Crippen LogP contribution is -2.61. The molecule has 2 aliphatic rings. The van der Waals surface area contributed by atoms with E-state index in [0.29, 0.717) is 23.4 Å². The minimum absolute atomic E-state index is 0.0524. The van der Waals surface area contributed by atoms with Gasteiger partial charge in [0.1, 0.15) is 23.7 Å². The number of anilines is 1. The second kappa shape index (κ2) is 7.37. The molecule has 0 radical (unpaired) electrons. The van der Waals surface area contributed by atoms with Crippen molar-refractivity contribution < 1.29 is 28.5 Å². The number of hydrogen-bond donors (Lipinski definition) is 2. The second-order valence-corrected chi connectivity index (χ2v) is 8.36. The molecule has 10 heteroatoms. The summed E-state index contributed by atoms with van der Waals surface area (Å²) in [5, 5.41) is 19.9. The average Bonchev–Trinajstić information content (AvgIpc) is 2.74. The summed E-state index contributed by atoms with van der Waals surface area (Å²) in [5.41, 5.74) is -0.106. The lowest BCUT2D eigenvalue weighted by molar-refractivity contribution is 0.100. The Labute approximate surface area is 186 Å². The number of fused-ring (bicyclic) bond motifs is 5. The molecular formula is C22H18ClF2N3O4. The van der Waals surface area contributed by atoms with Crippen molar-refractivity contribution in [3.8, 4) is 22.6 Å². The Kier molecular flexibility index (Phi) is 4.74. The number of carboxylic acid groups (broad SMARTS) is 1. The largest absolute Gasteiger partial charge is 0.507 e. The smallest absolute Gasteiger partial charge is 0.407 e. The molecule has 1 aromatic heterocycles. The predicted octanol–water partition coefficient (Wildman–Crippen LogP) is 4.49. The van der Waals surface area contributed by atoms with Crippen molar-refractivity contribution in [1.82, 2.24) is 9.88 Å². The number of pyridine rings is 1. The van der Waals surface area contributed by atoms with Crippen molar-refractivity contribution in [2.75, 3.05) is 24.6 Å². The normalized spacial score (nSPS) is 20.0. The van der Waals surface area contributed by atoms with Gasteiger partial charge in [-0.3, -0.25) is 0 Å². The second-order valence-electron chi connectivity index (χ2n) is 7.95. The molecule has 2 aliphatic heterocycles. The van der Waals surface area contributed by atoms with E-state index in [1.165, 1.54) is 29.3 Å². The van der Waals surface area contributed by atoms with E-state index in [1.54, 1.807) is 6.92 Å². The first kappa shape index (κ1) is 20.6. The molecule has 166 valence electrons. The van der Waals surface area contributed by atoms with Gasteiger partial charge in [0.15, 0.2) is 11.6 Å². The van der Waals surface area contributed by atoms with Gasteiger partial charge in [-0.2, -0.15) is 0 Å². The van der Waals surface area contributed by atoms with Gasteiger partial charge in [-0.1, -0.05) is 17.7 Å². The molecule has 3 aromatic rings. The van der Waals surface area contributed by atoms with Gasteiger partial charge in [-0.05, 0) is 25.1 Å². The van der Waals surface area contributed by atoms with Crippen LogP contribution in [-0.2, 0) is 0 Å². The predicted molar refractivity (Wildman–Crippen MR) is 115 cm³/mol. The van der Waals surface area contributed by atoms with Crippen LogP contribution in [-0.4, -0.2) is 58.0 Å². The van der Waals surface area contributed by atoms with Gasteiger partial charge in [0.25, 0.3) is 0 Å². The Balaban J connectivity index is 1.70. The molecule has 3 heterocycles. The van der Waals surface area contributed by atoms with Crippen LogP contribution >= 0.6 is 11.6 Å². The number of aromatic nitrogens is 1. The zero-order chi connectivity index (χ0) is 22.7. The van der Waals surface area contributed by atoms with Crippen molar-refractivity contribution in [3.63, 3.8) is 0 Å². The molecule has 2 N–H and O–H groups in total. The van der Waals surface area contributed by atoms with Gasteiger partial charge in [-0.15, -0.1) is 0 Å². The highest BCUT2D eigenvalue weighted by Gasteiger charge is 2.39. The first-order chi connectivity index (χ1) is 15.3. The van der Waals surface area contributed by atoms with Crippen LogP contribution in [0.25, 0.3) is 22.0 Å². The van der Waals surface area contributed by atoms with E-state index in [4.69, 9.17) is 16.3 Å². The van der Waals surface area contributed by atoms with E-state index in [2.05, 4.69) is 4.98 Å². The van der Waals surface area contributed by atoms with Gasteiger partial charge >= 0.3 is 6.09 Å². The molecule has 5 rings (SSSR count). The van der Waals surface area contributed by atoms with Crippen LogP contribution in [0.4, 0.5) is 19.3 Å². The maximum absolute atomic E-state index is 15.6. The molecule has 1 saturated heterocycles. The highest BCUT2D eigenvalue weighted by Crippen LogP contribution is 2.46. The third-order valence-electron chi connectivity index (χ3n) is 6.04. The Morgan fingerprint density at radius 1 is 1.28 bits per heavy atom. The molecule has 32 heavy (non-hydrogen) atoms. The monoisotopic (exact) mass is 461 g/mol. The number of hydrogen-bond acceptors (Lipinski definition) is 5. The Morgan fingerprint density at radius 2 is 2.06 bits per heavy atom. The van der Waals surface area contributed by atoms with Crippen LogP contribution in [0, 0.1) is 11.6 Å². The van der Waals surface area contributed by atoms with E-state index in [1.807, 2.05) is 4.90 Å². The minimum atomic E-state index is -1.01. The third kappa shape index (κ3) is 2.99. The third-order valence-corrected chi connectivity index (χ3v) is 6.34. The number of phenolic OH excluding ortho intramolecular Hbond substituents is 1. The number of halogens is 3. The Bertz CT molecular complexity index is 1250. The standard InChI is InChI=1S/C22H18ClF2N3O4/c1-10-7-28-11(8-27(10)22(30)31)9-32-16-6-26-20-12(21(16)28)5-13(23)17(19(20)25)18-14(24)3-2-4-15(18)29/h2-6,10-11,29H,7-9H2,1H3,(H,30,31)/t10-,11-/m1/s1. The van der Waals surface area contributed by atoms with Crippen LogP contribution in [0.1, 0.15) is 6.92 Å². The number of phenols is 1. The van der Waals surface area contributed by atoms with Crippen molar-refractivity contribution in [2.45, 2.75) is 19.0 Å². The number of aromatic hydroxyl groups is 1. The molecule has 0 spiro atoms. The molecule has 2 atom stereocenters. The van der Waals surface area contributed by atoms with Crippen LogP contribution in [0.15, 0.2) is 30.5 Å². The number of benzene rings is 2. The summed E-state index contributed by atoms with van der Waals surface area (Å²) in [7, 11) is 0. The summed E-state index contributed by atoms with van der Waals surface area (Å²) < 4.78 is 35.9. The number of piperazine rings is 1. The summed E-state index contributed by atoms with van der Waals surface area (Å²) in [4.78, 5) is 19.1. The Morgan fingerprint density at radius 3 is 2.78 bits per heavy atom. The summed E-state index contributed by atoms with van der Waals surface area (Å²) >= 11 is 6.41. The number of nitrogens with zero attached hydrogens (tertiary/aromatic N) is 3. The SMILES string of the molecule is C[C@@H]1CN2c3c(cnc4c(F)c(-c5c(O)cccc5F)c(Cl)cc34)OC[C@H]2CN1C(=O)O. The molecule has 0 saturated carbocycles. The summed E-state index contributed by atoms with van der Waals surface area (Å²) in [6, 6.07) is 4.58. The molecular weight excluding hydrogens is 444 g/mol. The lowest BCUT2D eigenvalue weighted by Gasteiger charge is -2.47. The molecule has 7 nitrogen and oxygen atoms in total. The van der Waals surface area contributed by atoms with Crippen LogP contribution < -0.4 is 9.64 Å². The van der Waals surface area contributed by atoms with E-state index in [-0.39, 0.29) is 46.9 Å².